The Balaban J connectivity index is 1.77. The zero-order valence-electron chi connectivity index (χ0n) is 10.0. The Bertz CT molecular complexity index is 500. The van der Waals surface area contributed by atoms with E-state index >= 15 is 0 Å². The molecule has 3 N–H and O–H groups in total. The molecule has 4 nitrogen and oxygen atoms in total. The summed E-state index contributed by atoms with van der Waals surface area (Å²) < 4.78 is 0. The van der Waals surface area contributed by atoms with E-state index < -0.39 is 0 Å². The van der Waals surface area contributed by atoms with Crippen molar-refractivity contribution in [2.45, 2.75) is 13.0 Å². The first-order valence-corrected chi connectivity index (χ1v) is 5.87. The molecule has 94 valence electrons. The van der Waals surface area contributed by atoms with Gasteiger partial charge in [-0.2, -0.15) is 0 Å². The lowest BCUT2D eigenvalue weighted by molar-refractivity contribution is 0.403. The molecule has 2 rings (SSSR count). The molecule has 0 atom stereocenters. The lowest BCUT2D eigenvalue weighted by Gasteiger charge is -2.06. The van der Waals surface area contributed by atoms with Crippen LogP contribution in [-0.4, -0.2) is 21.7 Å². The van der Waals surface area contributed by atoms with Crippen molar-refractivity contribution >= 4 is 0 Å². The fourth-order valence-electron chi connectivity index (χ4n) is 1.67. The van der Waals surface area contributed by atoms with Crippen molar-refractivity contribution < 1.29 is 10.2 Å². The fraction of sp³-hybridized carbons (Fsp3) is 0.214. The van der Waals surface area contributed by atoms with Crippen molar-refractivity contribution in [3.63, 3.8) is 0 Å². The lowest BCUT2D eigenvalue weighted by Crippen LogP contribution is -2.16. The zero-order chi connectivity index (χ0) is 12.8. The van der Waals surface area contributed by atoms with Gasteiger partial charge < -0.3 is 15.5 Å². The maximum Gasteiger partial charge on any atom is 0.157 e. The number of benzene rings is 1. The van der Waals surface area contributed by atoms with Crippen LogP contribution in [0.25, 0.3) is 0 Å². The summed E-state index contributed by atoms with van der Waals surface area (Å²) in [6.07, 6.45) is 2.65. The van der Waals surface area contributed by atoms with Crippen LogP contribution in [0, 0.1) is 0 Å². The van der Waals surface area contributed by atoms with Gasteiger partial charge in [-0.15, -0.1) is 0 Å². The van der Waals surface area contributed by atoms with Gasteiger partial charge in [-0.05, 0) is 29.8 Å². The average molecular weight is 244 g/mol. The third-order valence-electron chi connectivity index (χ3n) is 2.65. The van der Waals surface area contributed by atoms with E-state index in [2.05, 4.69) is 10.3 Å². The third-order valence-corrected chi connectivity index (χ3v) is 2.65. The van der Waals surface area contributed by atoms with Gasteiger partial charge in [-0.1, -0.05) is 12.1 Å². The SMILES string of the molecule is Oc1ccc(CNCCc2ccccn2)cc1O. The van der Waals surface area contributed by atoms with Gasteiger partial charge in [-0.3, -0.25) is 4.98 Å². The average Bonchev–Trinajstić information content (AvgIpc) is 2.40. The maximum atomic E-state index is 9.35. The molecule has 0 saturated heterocycles. The molecule has 0 aliphatic rings. The van der Waals surface area contributed by atoms with Crippen molar-refractivity contribution in [2.75, 3.05) is 6.54 Å². The summed E-state index contributed by atoms with van der Waals surface area (Å²) in [6.45, 7) is 1.47. The van der Waals surface area contributed by atoms with Gasteiger partial charge in [0.05, 0.1) is 0 Å². The van der Waals surface area contributed by atoms with Crippen LogP contribution in [0.1, 0.15) is 11.3 Å². The van der Waals surface area contributed by atoms with Gasteiger partial charge in [0.25, 0.3) is 0 Å². The number of rotatable bonds is 5. The molecule has 0 fully saturated rings. The molecule has 0 aliphatic heterocycles. The highest BCUT2D eigenvalue weighted by atomic mass is 16.3. The predicted molar refractivity (Wildman–Crippen MR) is 69.4 cm³/mol. The number of aromatic hydroxyl groups is 2. The molecule has 18 heavy (non-hydrogen) atoms. The second kappa shape index (κ2) is 6.02. The number of pyridine rings is 1. The van der Waals surface area contributed by atoms with E-state index in [0.29, 0.717) is 6.54 Å². The zero-order valence-corrected chi connectivity index (χ0v) is 10.0. The van der Waals surface area contributed by atoms with E-state index in [1.807, 2.05) is 18.2 Å². The normalized spacial score (nSPS) is 10.4. The molecule has 0 aliphatic carbocycles. The standard InChI is InChI=1S/C14H16N2O2/c17-13-5-4-11(9-14(13)18)10-15-8-6-12-3-1-2-7-16-12/h1-5,7,9,15,17-18H,6,8,10H2. The maximum absolute atomic E-state index is 9.35. The predicted octanol–water partition coefficient (Wildman–Crippen LogP) is 1.83. The van der Waals surface area contributed by atoms with Crippen LogP contribution in [0.3, 0.4) is 0 Å². The van der Waals surface area contributed by atoms with Crippen molar-refractivity contribution in [3.05, 3.63) is 53.9 Å². The van der Waals surface area contributed by atoms with Gasteiger partial charge in [-0.25, -0.2) is 0 Å². The number of hydrogen-bond donors (Lipinski definition) is 3. The monoisotopic (exact) mass is 244 g/mol. The molecule has 0 saturated carbocycles. The van der Waals surface area contributed by atoms with Crippen molar-refractivity contribution in [2.24, 2.45) is 0 Å². The highest BCUT2D eigenvalue weighted by molar-refractivity contribution is 5.40. The van der Waals surface area contributed by atoms with E-state index in [4.69, 9.17) is 0 Å². The molecule has 1 heterocycles. The number of phenolic OH excluding ortho intramolecular Hbond substituents is 2. The van der Waals surface area contributed by atoms with E-state index in [9.17, 15) is 10.2 Å². The van der Waals surface area contributed by atoms with Crippen LogP contribution >= 0.6 is 0 Å². The summed E-state index contributed by atoms with van der Waals surface area (Å²) in [5.74, 6) is -0.175. The molecule has 4 heteroatoms. The molecule has 2 aromatic rings. The number of nitrogens with zero attached hydrogens (tertiary/aromatic N) is 1. The van der Waals surface area contributed by atoms with Crippen LogP contribution in [0.15, 0.2) is 42.6 Å². The Morgan fingerprint density at radius 2 is 1.94 bits per heavy atom. The Morgan fingerprint density at radius 3 is 2.67 bits per heavy atom. The van der Waals surface area contributed by atoms with Gasteiger partial charge in [0.15, 0.2) is 11.5 Å². The minimum Gasteiger partial charge on any atom is -0.504 e. The first-order valence-electron chi connectivity index (χ1n) is 5.87. The highest BCUT2D eigenvalue weighted by Gasteiger charge is 2.00. The van der Waals surface area contributed by atoms with E-state index in [1.54, 1.807) is 18.3 Å². The van der Waals surface area contributed by atoms with E-state index in [0.717, 1.165) is 24.2 Å². The molecular formula is C14H16N2O2. The topological polar surface area (TPSA) is 65.4 Å². The second-order valence-corrected chi connectivity index (χ2v) is 4.07. The molecule has 0 spiro atoms. The van der Waals surface area contributed by atoms with Crippen LogP contribution in [0.4, 0.5) is 0 Å². The van der Waals surface area contributed by atoms with Gasteiger partial charge in [0.2, 0.25) is 0 Å². The first kappa shape index (κ1) is 12.4. The summed E-state index contributed by atoms with van der Waals surface area (Å²) in [5.41, 5.74) is 1.99. The fourth-order valence-corrected chi connectivity index (χ4v) is 1.67. The van der Waals surface area contributed by atoms with Crippen molar-refractivity contribution in [3.8, 4) is 11.5 Å². The first-order chi connectivity index (χ1) is 8.75. The van der Waals surface area contributed by atoms with Crippen LogP contribution in [0.5, 0.6) is 11.5 Å². The summed E-state index contributed by atoms with van der Waals surface area (Å²) in [4.78, 5) is 4.24. The number of phenols is 2. The molecule has 0 radical (unpaired) electrons. The third kappa shape index (κ3) is 3.46. The Morgan fingerprint density at radius 1 is 1.06 bits per heavy atom. The molecule has 0 unspecified atom stereocenters. The van der Waals surface area contributed by atoms with E-state index in [1.165, 1.54) is 6.07 Å². The summed E-state index contributed by atoms with van der Waals surface area (Å²) in [7, 11) is 0. The van der Waals surface area contributed by atoms with Gasteiger partial charge in [0, 0.05) is 31.4 Å². The number of aromatic nitrogens is 1. The minimum atomic E-state index is -0.0905. The smallest absolute Gasteiger partial charge is 0.157 e. The molecular weight excluding hydrogens is 228 g/mol. The summed E-state index contributed by atoms with van der Waals surface area (Å²) in [6, 6.07) is 10.7. The Kier molecular flexibility index (Phi) is 4.15. The highest BCUT2D eigenvalue weighted by Crippen LogP contribution is 2.24. The van der Waals surface area contributed by atoms with Crippen molar-refractivity contribution in [1.29, 1.82) is 0 Å². The minimum absolute atomic E-state index is 0.0842. The van der Waals surface area contributed by atoms with Crippen LogP contribution in [-0.2, 0) is 13.0 Å². The van der Waals surface area contributed by atoms with Crippen LogP contribution in [0.2, 0.25) is 0 Å². The summed E-state index contributed by atoms with van der Waals surface area (Å²) >= 11 is 0. The Labute approximate surface area is 106 Å². The van der Waals surface area contributed by atoms with Crippen molar-refractivity contribution in [1.82, 2.24) is 10.3 Å². The van der Waals surface area contributed by atoms with Crippen LogP contribution < -0.4 is 5.32 Å². The quantitative estimate of drug-likeness (QED) is 0.554. The Hall–Kier alpha value is -2.07. The molecule has 0 bridgehead atoms. The summed E-state index contributed by atoms with van der Waals surface area (Å²) in [5, 5.41) is 21.8. The molecule has 1 aromatic carbocycles. The molecule has 1 aromatic heterocycles. The largest absolute Gasteiger partial charge is 0.504 e. The van der Waals surface area contributed by atoms with E-state index in [-0.39, 0.29) is 11.5 Å². The number of nitrogens with one attached hydrogen (secondary N) is 1. The molecule has 0 amide bonds. The van der Waals surface area contributed by atoms with Gasteiger partial charge >= 0.3 is 0 Å². The lowest BCUT2D eigenvalue weighted by atomic mass is 10.2. The van der Waals surface area contributed by atoms with Gasteiger partial charge in [0.1, 0.15) is 0 Å². The second-order valence-electron chi connectivity index (χ2n) is 4.07. The number of hydrogen-bond acceptors (Lipinski definition) is 4.